The van der Waals surface area contributed by atoms with Gasteiger partial charge in [0.05, 0.1) is 18.7 Å². The summed E-state index contributed by atoms with van der Waals surface area (Å²) < 4.78 is 29.5. The van der Waals surface area contributed by atoms with E-state index in [9.17, 15) is 4.39 Å². The number of rotatable bonds is 9. The van der Waals surface area contributed by atoms with Crippen LogP contribution in [0, 0.1) is 5.82 Å². The summed E-state index contributed by atoms with van der Waals surface area (Å²) in [4.78, 5) is 0. The van der Waals surface area contributed by atoms with Crippen molar-refractivity contribution in [2.24, 2.45) is 0 Å². The molecule has 0 atom stereocenters. The van der Waals surface area contributed by atoms with Gasteiger partial charge in [-0.25, -0.2) is 4.39 Å². The van der Waals surface area contributed by atoms with Crippen LogP contribution in [0.4, 0.5) is 4.39 Å². The normalized spacial score (nSPS) is 10.7. The van der Waals surface area contributed by atoms with Gasteiger partial charge in [0.15, 0.2) is 11.5 Å². The molecule has 0 unspecified atom stereocenters. The van der Waals surface area contributed by atoms with Crippen molar-refractivity contribution in [2.75, 3.05) is 27.4 Å². The van der Waals surface area contributed by atoms with E-state index >= 15 is 0 Å². The van der Waals surface area contributed by atoms with E-state index in [0.29, 0.717) is 35.2 Å². The third-order valence-corrected chi connectivity index (χ3v) is 3.82. The van der Waals surface area contributed by atoms with Gasteiger partial charge in [-0.3, -0.25) is 0 Å². The minimum Gasteiger partial charge on any atom is -0.493 e. The molecule has 0 amide bonds. The smallest absolute Gasteiger partial charge is 0.166 e. The average Bonchev–Trinajstić information content (AvgIpc) is 2.58. The predicted octanol–water partition coefficient (Wildman–Crippen LogP) is 3.80. The summed E-state index contributed by atoms with van der Waals surface area (Å²) in [6.07, 6.45) is 0. The van der Waals surface area contributed by atoms with Crippen molar-refractivity contribution >= 4 is 11.6 Å². The third-order valence-electron chi connectivity index (χ3n) is 3.47. The van der Waals surface area contributed by atoms with Crippen LogP contribution in [0.15, 0.2) is 36.4 Å². The fraction of sp³-hybridized carbons (Fsp3) is 0.333. The highest BCUT2D eigenvalue weighted by atomic mass is 35.5. The van der Waals surface area contributed by atoms with Crippen LogP contribution in [0.5, 0.6) is 11.5 Å². The van der Waals surface area contributed by atoms with Crippen LogP contribution in [0.25, 0.3) is 0 Å². The lowest BCUT2D eigenvalue weighted by atomic mass is 10.1. The van der Waals surface area contributed by atoms with Gasteiger partial charge in [-0.1, -0.05) is 29.8 Å². The largest absolute Gasteiger partial charge is 0.493 e. The van der Waals surface area contributed by atoms with Crippen LogP contribution in [0.2, 0.25) is 5.02 Å². The number of benzene rings is 2. The molecule has 0 radical (unpaired) electrons. The Bertz CT molecular complexity index is 667. The number of para-hydroxylation sites is 1. The van der Waals surface area contributed by atoms with Crippen LogP contribution in [-0.4, -0.2) is 27.4 Å². The van der Waals surface area contributed by atoms with Gasteiger partial charge in [-0.2, -0.15) is 0 Å². The first-order chi connectivity index (χ1) is 11.7. The zero-order valence-corrected chi connectivity index (χ0v) is 14.5. The van der Waals surface area contributed by atoms with Gasteiger partial charge in [0.1, 0.15) is 12.4 Å². The standard InChI is InChI=1S/C18H21ClFNO3/c1-22-9-8-21-11-13-4-3-5-17(23-2)18(13)24-12-14-6-7-15(20)10-16(14)19/h3-7,10,21H,8-9,11-12H2,1-2H3. The van der Waals surface area contributed by atoms with Gasteiger partial charge in [0, 0.05) is 31.3 Å². The van der Waals surface area contributed by atoms with Crippen LogP contribution < -0.4 is 14.8 Å². The molecule has 0 saturated carbocycles. The van der Waals surface area contributed by atoms with Gasteiger partial charge in [-0.15, -0.1) is 0 Å². The molecule has 24 heavy (non-hydrogen) atoms. The Morgan fingerprint density at radius 1 is 1.12 bits per heavy atom. The second-order valence-electron chi connectivity index (χ2n) is 5.14. The molecule has 6 heteroatoms. The molecule has 0 aromatic heterocycles. The summed E-state index contributed by atoms with van der Waals surface area (Å²) in [5, 5.41) is 3.61. The van der Waals surface area contributed by atoms with E-state index in [-0.39, 0.29) is 12.4 Å². The Morgan fingerprint density at radius 2 is 1.96 bits per heavy atom. The summed E-state index contributed by atoms with van der Waals surface area (Å²) in [6.45, 7) is 2.21. The molecule has 0 bridgehead atoms. The first-order valence-electron chi connectivity index (χ1n) is 7.58. The van der Waals surface area contributed by atoms with Crippen LogP contribution in [-0.2, 0) is 17.9 Å². The molecule has 4 nitrogen and oxygen atoms in total. The van der Waals surface area contributed by atoms with Crippen molar-refractivity contribution in [1.29, 1.82) is 0 Å². The first-order valence-corrected chi connectivity index (χ1v) is 7.95. The van der Waals surface area contributed by atoms with Crippen LogP contribution >= 0.6 is 11.6 Å². The van der Waals surface area contributed by atoms with Crippen molar-refractivity contribution in [3.05, 3.63) is 58.4 Å². The molecular weight excluding hydrogens is 333 g/mol. The summed E-state index contributed by atoms with van der Waals surface area (Å²) >= 11 is 6.05. The number of ether oxygens (including phenoxy) is 3. The minimum absolute atomic E-state index is 0.227. The maximum absolute atomic E-state index is 13.1. The van der Waals surface area contributed by atoms with Gasteiger partial charge in [-0.05, 0) is 18.2 Å². The monoisotopic (exact) mass is 353 g/mol. The second-order valence-corrected chi connectivity index (χ2v) is 5.55. The predicted molar refractivity (Wildman–Crippen MR) is 92.3 cm³/mol. The Kier molecular flexibility index (Phi) is 7.31. The van der Waals surface area contributed by atoms with Crippen LogP contribution in [0.3, 0.4) is 0 Å². The van der Waals surface area contributed by atoms with Gasteiger partial charge >= 0.3 is 0 Å². The lowest BCUT2D eigenvalue weighted by Crippen LogP contribution is -2.19. The first kappa shape index (κ1) is 18.5. The van der Waals surface area contributed by atoms with Crippen molar-refractivity contribution in [2.45, 2.75) is 13.2 Å². The Hall–Kier alpha value is -1.82. The fourth-order valence-electron chi connectivity index (χ4n) is 2.21. The van der Waals surface area contributed by atoms with E-state index in [2.05, 4.69) is 5.32 Å². The molecule has 0 aliphatic carbocycles. The van der Waals surface area contributed by atoms with Crippen molar-refractivity contribution in [3.63, 3.8) is 0 Å². The summed E-state index contributed by atoms with van der Waals surface area (Å²) in [6, 6.07) is 9.95. The number of nitrogens with one attached hydrogen (secondary N) is 1. The molecule has 0 heterocycles. The number of hydrogen-bond acceptors (Lipinski definition) is 4. The Morgan fingerprint density at radius 3 is 2.67 bits per heavy atom. The lowest BCUT2D eigenvalue weighted by Gasteiger charge is -2.16. The molecule has 0 aliphatic heterocycles. The zero-order valence-electron chi connectivity index (χ0n) is 13.8. The van der Waals surface area contributed by atoms with Crippen LogP contribution in [0.1, 0.15) is 11.1 Å². The van der Waals surface area contributed by atoms with Crippen molar-refractivity contribution < 1.29 is 18.6 Å². The molecule has 0 aliphatic rings. The molecule has 2 aromatic rings. The maximum Gasteiger partial charge on any atom is 0.166 e. The molecule has 0 spiro atoms. The third kappa shape index (κ3) is 5.09. The van der Waals surface area contributed by atoms with E-state index in [0.717, 1.165) is 12.1 Å². The molecule has 1 N–H and O–H groups in total. The summed E-state index contributed by atoms with van der Waals surface area (Å²) in [7, 11) is 3.25. The number of methoxy groups -OCH3 is 2. The molecule has 0 fully saturated rings. The number of hydrogen-bond donors (Lipinski definition) is 1. The molecular formula is C18H21ClFNO3. The quantitative estimate of drug-likeness (QED) is 0.696. The lowest BCUT2D eigenvalue weighted by molar-refractivity contribution is 0.199. The van der Waals surface area contributed by atoms with E-state index in [1.807, 2.05) is 18.2 Å². The molecule has 2 rings (SSSR count). The van der Waals surface area contributed by atoms with E-state index in [1.165, 1.54) is 12.1 Å². The molecule has 0 saturated heterocycles. The van der Waals surface area contributed by atoms with Gasteiger partial charge in [0.2, 0.25) is 0 Å². The highest BCUT2D eigenvalue weighted by Gasteiger charge is 2.12. The Labute approximate surface area is 146 Å². The highest BCUT2D eigenvalue weighted by Crippen LogP contribution is 2.32. The summed E-state index contributed by atoms with van der Waals surface area (Å²) in [5.74, 6) is 0.911. The molecule has 130 valence electrons. The zero-order chi connectivity index (χ0) is 17.4. The van der Waals surface area contributed by atoms with Gasteiger partial charge < -0.3 is 19.5 Å². The number of halogens is 2. The minimum atomic E-state index is -0.371. The van der Waals surface area contributed by atoms with E-state index < -0.39 is 0 Å². The average molecular weight is 354 g/mol. The SMILES string of the molecule is COCCNCc1cccc(OC)c1OCc1ccc(F)cc1Cl. The van der Waals surface area contributed by atoms with Gasteiger partial charge in [0.25, 0.3) is 0 Å². The summed E-state index contributed by atoms with van der Waals surface area (Å²) in [5.41, 5.74) is 1.67. The van der Waals surface area contributed by atoms with Crippen molar-refractivity contribution in [3.8, 4) is 11.5 Å². The second kappa shape index (κ2) is 9.47. The fourth-order valence-corrected chi connectivity index (χ4v) is 2.43. The molecule has 2 aromatic carbocycles. The topological polar surface area (TPSA) is 39.7 Å². The van der Waals surface area contributed by atoms with E-state index in [4.69, 9.17) is 25.8 Å². The highest BCUT2D eigenvalue weighted by molar-refractivity contribution is 6.31. The Balaban J connectivity index is 2.11. The maximum atomic E-state index is 13.1. The van der Waals surface area contributed by atoms with E-state index in [1.54, 1.807) is 20.3 Å². The van der Waals surface area contributed by atoms with Crippen molar-refractivity contribution in [1.82, 2.24) is 5.32 Å².